The molecule has 0 saturated carbocycles. The predicted molar refractivity (Wildman–Crippen MR) is 130 cm³/mol. The minimum Gasteiger partial charge on any atom is -0.342 e. The van der Waals surface area contributed by atoms with Crippen LogP contribution in [0.2, 0.25) is 5.02 Å². The van der Waals surface area contributed by atoms with Crippen LogP contribution in [0.1, 0.15) is 17.4 Å². The molecule has 37 heavy (non-hydrogen) atoms. The number of hydrogen-bond acceptors (Lipinski definition) is 6. The monoisotopic (exact) mass is 525 g/mol. The summed E-state index contributed by atoms with van der Waals surface area (Å²) in [4.78, 5) is 8.81. The number of nitrogens with one attached hydrogen (secondary N) is 1. The molecule has 1 atom stereocenters. The summed E-state index contributed by atoms with van der Waals surface area (Å²) >= 11 is 6.06. The molecule has 13 heteroatoms. The molecule has 0 unspecified atom stereocenters. The summed E-state index contributed by atoms with van der Waals surface area (Å²) < 4.78 is 50.0. The lowest BCUT2D eigenvalue weighted by Gasteiger charge is -2.28. The molecule has 1 aliphatic rings. The zero-order valence-corrected chi connectivity index (χ0v) is 20.1. The van der Waals surface area contributed by atoms with E-state index < -0.39 is 30.0 Å². The van der Waals surface area contributed by atoms with Crippen molar-refractivity contribution < 1.29 is 13.2 Å². The fourth-order valence-corrected chi connectivity index (χ4v) is 4.72. The Morgan fingerprint density at radius 2 is 1.97 bits per heavy atom. The number of aromatic nitrogens is 8. The summed E-state index contributed by atoms with van der Waals surface area (Å²) in [7, 11) is 1.79. The minimum atomic E-state index is -3.58. The molecule has 1 N–H and O–H groups in total. The van der Waals surface area contributed by atoms with E-state index in [9.17, 15) is 4.39 Å². The van der Waals surface area contributed by atoms with E-state index in [1.54, 1.807) is 59.2 Å². The maximum atomic E-state index is 15.6. The van der Waals surface area contributed by atoms with E-state index in [0.717, 1.165) is 0 Å². The normalized spacial score (nSPS) is 14.9. The van der Waals surface area contributed by atoms with E-state index in [-0.39, 0.29) is 17.4 Å². The molecule has 1 aliphatic heterocycles. The third kappa shape index (κ3) is 3.84. The Kier molecular flexibility index (Phi) is 5.48. The molecule has 6 rings (SSSR count). The molecule has 0 fully saturated rings. The fraction of sp³-hybridized carbons (Fsp3) is 0.208. The Hall–Kier alpha value is -4.19. The first-order chi connectivity index (χ1) is 17.9. The zero-order valence-electron chi connectivity index (χ0n) is 19.4. The number of nitrogens with zero attached hydrogens (tertiary/aromatic N) is 8. The number of alkyl halides is 3. The van der Waals surface area contributed by atoms with Gasteiger partial charge in [-0.05, 0) is 18.2 Å². The Labute approximate surface area is 213 Å². The number of anilines is 2. The highest BCUT2D eigenvalue weighted by Gasteiger charge is 2.44. The molecule has 0 aliphatic carbocycles. The Morgan fingerprint density at radius 3 is 2.73 bits per heavy atom. The molecule has 4 aromatic heterocycles. The van der Waals surface area contributed by atoms with Gasteiger partial charge in [-0.15, -0.1) is 10.2 Å². The van der Waals surface area contributed by atoms with Crippen LogP contribution in [0.5, 0.6) is 0 Å². The molecule has 0 saturated heterocycles. The van der Waals surface area contributed by atoms with E-state index in [4.69, 9.17) is 11.6 Å². The summed E-state index contributed by atoms with van der Waals surface area (Å²) in [5.74, 6) is -3.02. The van der Waals surface area contributed by atoms with Gasteiger partial charge in [-0.2, -0.15) is 13.9 Å². The molecule has 0 bridgehead atoms. The third-order valence-corrected chi connectivity index (χ3v) is 6.61. The highest BCUT2D eigenvalue weighted by molar-refractivity contribution is 6.31. The molecule has 9 nitrogen and oxygen atoms in total. The molecular formula is C24H19ClF3N9. The van der Waals surface area contributed by atoms with Gasteiger partial charge in [-0.25, -0.2) is 14.4 Å². The molecule has 0 radical (unpaired) electrons. The van der Waals surface area contributed by atoms with Crippen LogP contribution in [-0.4, -0.2) is 45.8 Å². The van der Waals surface area contributed by atoms with Crippen molar-refractivity contribution >= 4 is 23.4 Å². The number of rotatable bonds is 6. The second-order valence-corrected chi connectivity index (χ2v) is 8.98. The average molecular weight is 526 g/mol. The van der Waals surface area contributed by atoms with E-state index in [1.807, 2.05) is 0 Å². The number of halogens is 4. The standard InChI is InChI=1S/C24H19ClF3N9/c1-35-20(7-9-30-35)32-23-29-8-6-18(31-23)14-10-19-21-33-34-22(37(21)15(11-26)13-36(19)12-14)24(27,28)16-4-2-3-5-17(16)25/h2-10,12,15H,11,13H2,1H3,(H,29,31,32)/t15-/m0/s1. The second kappa shape index (κ2) is 8.73. The van der Waals surface area contributed by atoms with Crippen LogP contribution in [0.4, 0.5) is 24.9 Å². The van der Waals surface area contributed by atoms with Gasteiger partial charge in [0, 0.05) is 43.2 Å². The zero-order chi connectivity index (χ0) is 25.7. The quantitative estimate of drug-likeness (QED) is 0.335. The van der Waals surface area contributed by atoms with Crippen LogP contribution in [0, 0.1) is 0 Å². The Bertz CT molecular complexity index is 1610. The van der Waals surface area contributed by atoms with Crippen LogP contribution < -0.4 is 5.32 Å². The van der Waals surface area contributed by atoms with Crippen molar-refractivity contribution in [1.29, 1.82) is 0 Å². The first-order valence-electron chi connectivity index (χ1n) is 11.3. The number of benzene rings is 1. The van der Waals surface area contributed by atoms with Crippen LogP contribution in [0.15, 0.2) is 61.1 Å². The number of fused-ring (bicyclic) bond motifs is 3. The third-order valence-electron chi connectivity index (χ3n) is 6.28. The van der Waals surface area contributed by atoms with Gasteiger partial charge in [0.2, 0.25) is 11.8 Å². The lowest BCUT2D eigenvalue weighted by Crippen LogP contribution is -2.30. The smallest absolute Gasteiger partial charge is 0.333 e. The molecule has 188 valence electrons. The van der Waals surface area contributed by atoms with Gasteiger partial charge in [0.25, 0.3) is 0 Å². The SMILES string of the molecule is Cn1nccc1Nc1nccc(-c2cc3n(c2)C[C@H](CF)n2c-3nnc2C(F)(F)c2ccccc2Cl)n1. The predicted octanol–water partition coefficient (Wildman–Crippen LogP) is 5.00. The van der Waals surface area contributed by atoms with Crippen molar-refractivity contribution in [2.24, 2.45) is 7.05 Å². The number of hydrogen-bond donors (Lipinski definition) is 1. The van der Waals surface area contributed by atoms with Crippen LogP contribution >= 0.6 is 11.6 Å². The van der Waals surface area contributed by atoms with Crippen LogP contribution in [0.3, 0.4) is 0 Å². The lowest BCUT2D eigenvalue weighted by atomic mass is 10.1. The summed E-state index contributed by atoms with van der Waals surface area (Å²) in [6.07, 6.45) is 5.04. The topological polar surface area (TPSA) is 91.3 Å². The second-order valence-electron chi connectivity index (χ2n) is 8.58. The van der Waals surface area contributed by atoms with Crippen LogP contribution in [-0.2, 0) is 19.5 Å². The lowest BCUT2D eigenvalue weighted by molar-refractivity contribution is 0.0259. The van der Waals surface area contributed by atoms with E-state index >= 15 is 8.78 Å². The summed E-state index contributed by atoms with van der Waals surface area (Å²) in [5.41, 5.74) is 1.39. The largest absolute Gasteiger partial charge is 0.342 e. The highest BCUT2D eigenvalue weighted by Crippen LogP contribution is 2.43. The first kappa shape index (κ1) is 23.2. The van der Waals surface area contributed by atoms with E-state index in [0.29, 0.717) is 28.7 Å². The van der Waals surface area contributed by atoms with Crippen molar-refractivity contribution in [2.75, 3.05) is 12.0 Å². The van der Waals surface area contributed by atoms with Crippen molar-refractivity contribution in [3.05, 3.63) is 77.5 Å². The van der Waals surface area contributed by atoms with Crippen molar-refractivity contribution in [3.8, 4) is 22.8 Å². The van der Waals surface area contributed by atoms with Crippen molar-refractivity contribution in [2.45, 2.75) is 18.5 Å². The van der Waals surface area contributed by atoms with E-state index in [1.165, 1.54) is 22.8 Å². The van der Waals surface area contributed by atoms with Gasteiger partial charge in [0.1, 0.15) is 12.5 Å². The van der Waals surface area contributed by atoms with Gasteiger partial charge in [-0.1, -0.05) is 29.8 Å². The van der Waals surface area contributed by atoms with Gasteiger partial charge in [-0.3, -0.25) is 9.25 Å². The van der Waals surface area contributed by atoms with Crippen LogP contribution in [0.25, 0.3) is 22.8 Å². The highest BCUT2D eigenvalue weighted by atomic mass is 35.5. The minimum absolute atomic E-state index is 0.109. The van der Waals surface area contributed by atoms with Crippen molar-refractivity contribution in [1.82, 2.24) is 39.1 Å². The van der Waals surface area contributed by atoms with Gasteiger partial charge < -0.3 is 9.88 Å². The van der Waals surface area contributed by atoms with E-state index in [2.05, 4.69) is 30.6 Å². The maximum Gasteiger partial charge on any atom is 0.333 e. The fourth-order valence-electron chi connectivity index (χ4n) is 4.47. The molecule has 0 spiro atoms. The summed E-state index contributed by atoms with van der Waals surface area (Å²) in [5, 5.41) is 15.0. The first-order valence-corrected chi connectivity index (χ1v) is 11.7. The maximum absolute atomic E-state index is 15.6. The van der Waals surface area contributed by atoms with Gasteiger partial charge >= 0.3 is 5.92 Å². The Balaban J connectivity index is 1.40. The van der Waals surface area contributed by atoms with Gasteiger partial charge in [0.05, 0.1) is 28.6 Å². The van der Waals surface area contributed by atoms with Gasteiger partial charge in [0.15, 0.2) is 5.82 Å². The number of aryl methyl sites for hydroxylation is 1. The molecule has 5 aromatic rings. The molecule has 1 aromatic carbocycles. The molecular weight excluding hydrogens is 507 g/mol. The van der Waals surface area contributed by atoms with Crippen molar-refractivity contribution in [3.63, 3.8) is 0 Å². The summed E-state index contributed by atoms with van der Waals surface area (Å²) in [6, 6.07) is 9.98. The molecule has 0 amide bonds. The summed E-state index contributed by atoms with van der Waals surface area (Å²) in [6.45, 7) is -0.760. The average Bonchev–Trinajstić information content (AvgIpc) is 3.62. The molecule has 5 heterocycles. The Morgan fingerprint density at radius 1 is 1.14 bits per heavy atom.